The first kappa shape index (κ1) is 32.2. The summed E-state index contributed by atoms with van der Waals surface area (Å²) in [5.74, 6) is 0. The number of para-hydroxylation sites is 3. The highest BCUT2D eigenvalue weighted by molar-refractivity contribution is 7.19. The van der Waals surface area contributed by atoms with Crippen LogP contribution >= 0.6 is 0 Å². The molecule has 0 fully saturated rings. The molecule has 2 nitrogen and oxygen atoms in total. The number of hydrogen-bond donors (Lipinski definition) is 0. The highest BCUT2D eigenvalue weighted by atomic mass is 28.3. The Bertz CT molecular complexity index is 2810. The van der Waals surface area contributed by atoms with Gasteiger partial charge in [-0.3, -0.25) is 0 Å². The summed E-state index contributed by atoms with van der Waals surface area (Å²) in [5, 5.41) is 10.6. The van der Waals surface area contributed by atoms with Crippen LogP contribution in [0.25, 0.3) is 49.3 Å². The zero-order valence-electron chi connectivity index (χ0n) is 30.5. The molecule has 0 bridgehead atoms. The molecule has 54 heavy (non-hydrogen) atoms. The smallest absolute Gasteiger partial charge is 0.179 e. The first-order valence-corrected chi connectivity index (χ1v) is 20.9. The lowest BCUT2D eigenvalue weighted by Gasteiger charge is -2.36. The van der Waals surface area contributed by atoms with Crippen LogP contribution in [0, 0.1) is 0 Å². The molecular weight excluding hydrogens is 669 g/mol. The van der Waals surface area contributed by atoms with Gasteiger partial charge in [0.15, 0.2) is 8.07 Å². The number of aromatic nitrogens is 2. The molecule has 3 heteroatoms. The Kier molecular flexibility index (Phi) is 7.53. The van der Waals surface area contributed by atoms with Crippen molar-refractivity contribution < 1.29 is 0 Å². The van der Waals surface area contributed by atoms with E-state index in [9.17, 15) is 0 Å². The van der Waals surface area contributed by atoms with Crippen LogP contribution < -0.4 is 20.7 Å². The van der Waals surface area contributed by atoms with Crippen molar-refractivity contribution in [1.29, 1.82) is 0 Å². The minimum absolute atomic E-state index is 0.379. The molecule has 10 rings (SSSR count). The lowest BCUT2D eigenvalue weighted by molar-refractivity contribution is 0.465. The largest absolute Gasteiger partial charge is 0.331 e. The Morgan fingerprint density at radius 3 is 1.31 bits per heavy atom. The van der Waals surface area contributed by atoms with E-state index >= 15 is 0 Å². The predicted octanol–water partition coefficient (Wildman–Crippen LogP) is 10.1. The van der Waals surface area contributed by atoms with Crippen LogP contribution in [-0.2, 0) is 5.54 Å². The first-order valence-electron chi connectivity index (χ1n) is 18.9. The van der Waals surface area contributed by atoms with Gasteiger partial charge in [-0.1, -0.05) is 170 Å². The molecule has 0 aliphatic carbocycles. The molecule has 0 aliphatic heterocycles. The SMILES string of the molecule is CC(C)(c1cccc([Si](c2ccccc2)(c2ccccc2)c2ccccc2)c1)n1c2ccccc2c2cc(-n3c4ccccc4c4ccccc43)ccc21. The molecule has 8 aromatic carbocycles. The van der Waals surface area contributed by atoms with Gasteiger partial charge in [-0.15, -0.1) is 0 Å². The van der Waals surface area contributed by atoms with Crippen molar-refractivity contribution in [3.05, 3.63) is 212 Å². The lowest BCUT2D eigenvalue weighted by atomic mass is 9.93. The van der Waals surface area contributed by atoms with E-state index in [4.69, 9.17) is 0 Å². The quantitative estimate of drug-likeness (QED) is 0.115. The van der Waals surface area contributed by atoms with Crippen molar-refractivity contribution in [3.63, 3.8) is 0 Å². The van der Waals surface area contributed by atoms with Gasteiger partial charge in [0.2, 0.25) is 0 Å². The fourth-order valence-electron chi connectivity index (χ4n) is 9.23. The maximum Gasteiger partial charge on any atom is 0.179 e. The third kappa shape index (κ3) is 4.78. The Morgan fingerprint density at radius 2 is 0.778 bits per heavy atom. The van der Waals surface area contributed by atoms with Crippen molar-refractivity contribution in [3.8, 4) is 5.69 Å². The summed E-state index contributed by atoms with van der Waals surface area (Å²) in [7, 11) is -2.70. The zero-order valence-corrected chi connectivity index (χ0v) is 31.5. The second-order valence-corrected chi connectivity index (χ2v) is 18.7. The molecule has 0 radical (unpaired) electrons. The highest BCUT2D eigenvalue weighted by Gasteiger charge is 2.42. The van der Waals surface area contributed by atoms with E-state index in [1.165, 1.54) is 75.6 Å². The Hall–Kier alpha value is -6.42. The summed E-state index contributed by atoms with van der Waals surface area (Å²) < 4.78 is 5.00. The van der Waals surface area contributed by atoms with Crippen LogP contribution in [0.3, 0.4) is 0 Å². The van der Waals surface area contributed by atoms with Crippen molar-refractivity contribution in [2.45, 2.75) is 19.4 Å². The van der Waals surface area contributed by atoms with E-state index in [2.05, 4.69) is 229 Å². The number of rotatable bonds is 7. The van der Waals surface area contributed by atoms with E-state index in [1.54, 1.807) is 0 Å². The second-order valence-electron chi connectivity index (χ2n) is 14.9. The minimum Gasteiger partial charge on any atom is -0.331 e. The monoisotopic (exact) mass is 708 g/mol. The maximum atomic E-state index is 2.57. The second kappa shape index (κ2) is 12.6. The summed E-state index contributed by atoms with van der Waals surface area (Å²) in [4.78, 5) is 0. The van der Waals surface area contributed by atoms with E-state index in [0.29, 0.717) is 0 Å². The maximum absolute atomic E-state index is 2.70. The molecule has 0 spiro atoms. The molecule has 0 unspecified atom stereocenters. The number of nitrogens with zero attached hydrogens (tertiary/aromatic N) is 2. The number of benzene rings is 8. The van der Waals surface area contributed by atoms with Crippen molar-refractivity contribution >= 4 is 72.4 Å². The summed E-state index contributed by atoms with van der Waals surface area (Å²) in [6.45, 7) is 4.77. The van der Waals surface area contributed by atoms with Crippen molar-refractivity contribution in [2.24, 2.45) is 0 Å². The molecule has 2 aromatic heterocycles. The molecule has 258 valence electrons. The lowest BCUT2D eigenvalue weighted by Crippen LogP contribution is -2.74. The Labute approximate surface area is 317 Å². The topological polar surface area (TPSA) is 9.86 Å². The van der Waals surface area contributed by atoms with E-state index in [0.717, 1.165) is 0 Å². The third-order valence-corrected chi connectivity index (χ3v) is 16.5. The van der Waals surface area contributed by atoms with Gasteiger partial charge in [0.05, 0.1) is 22.1 Å². The van der Waals surface area contributed by atoms with Crippen LogP contribution in [0.2, 0.25) is 0 Å². The molecule has 0 amide bonds. The Morgan fingerprint density at radius 1 is 0.352 bits per heavy atom. The number of fused-ring (bicyclic) bond motifs is 6. The molecule has 0 saturated carbocycles. The molecule has 10 aromatic rings. The normalized spacial score (nSPS) is 12.3. The van der Waals surface area contributed by atoms with Gasteiger partial charge in [-0.2, -0.15) is 0 Å². The first-order chi connectivity index (χ1) is 26.6. The summed E-state index contributed by atoms with van der Waals surface area (Å²) in [6.07, 6.45) is 0. The fourth-order valence-corrected chi connectivity index (χ4v) is 14.0. The molecule has 0 saturated heterocycles. The van der Waals surface area contributed by atoms with Crippen molar-refractivity contribution in [2.75, 3.05) is 0 Å². The fraction of sp³-hybridized carbons (Fsp3) is 0.0588. The van der Waals surface area contributed by atoms with Crippen LogP contribution in [0.1, 0.15) is 19.4 Å². The van der Waals surface area contributed by atoms with Gasteiger partial charge < -0.3 is 9.13 Å². The van der Waals surface area contributed by atoms with Crippen LogP contribution in [0.4, 0.5) is 0 Å². The molecule has 0 N–H and O–H groups in total. The van der Waals surface area contributed by atoms with E-state index < -0.39 is 8.07 Å². The van der Waals surface area contributed by atoms with Gasteiger partial charge in [-0.05, 0) is 76.6 Å². The predicted molar refractivity (Wildman–Crippen MR) is 232 cm³/mol. The number of hydrogen-bond acceptors (Lipinski definition) is 0. The summed E-state index contributed by atoms with van der Waals surface area (Å²) in [6, 6.07) is 76.6. The standard InChI is InChI=1S/C51H40N2Si/c1-51(2,37-19-18-26-42(35-37)54(39-20-6-3-7-21-39,40-22-8-4-9-23-40)41-24-10-5-11-25-41)53-49-32-17-14-29-45(49)46-36-38(33-34-50(46)53)52-47-30-15-12-27-43(47)44-28-13-16-31-48(44)52/h3-36H,1-2H3. The Balaban J connectivity index is 1.20. The summed E-state index contributed by atoms with van der Waals surface area (Å²) >= 11 is 0. The molecule has 2 heterocycles. The van der Waals surface area contributed by atoms with E-state index in [1.807, 2.05) is 0 Å². The van der Waals surface area contributed by atoms with Crippen LogP contribution in [0.15, 0.2) is 206 Å². The summed E-state index contributed by atoms with van der Waals surface area (Å²) in [5.41, 5.74) is 6.99. The van der Waals surface area contributed by atoms with Crippen LogP contribution in [0.5, 0.6) is 0 Å². The third-order valence-electron chi connectivity index (χ3n) is 11.7. The van der Waals surface area contributed by atoms with Gasteiger partial charge >= 0.3 is 0 Å². The molecule has 0 atom stereocenters. The van der Waals surface area contributed by atoms with Gasteiger partial charge in [0.1, 0.15) is 0 Å². The van der Waals surface area contributed by atoms with Crippen molar-refractivity contribution in [1.82, 2.24) is 9.13 Å². The van der Waals surface area contributed by atoms with Gasteiger partial charge in [0, 0.05) is 32.7 Å². The van der Waals surface area contributed by atoms with Crippen LogP contribution in [-0.4, -0.2) is 17.2 Å². The molecular formula is C51H40N2Si. The average molecular weight is 709 g/mol. The van der Waals surface area contributed by atoms with E-state index in [-0.39, 0.29) is 5.54 Å². The van der Waals surface area contributed by atoms with Gasteiger partial charge in [0.25, 0.3) is 0 Å². The highest BCUT2D eigenvalue weighted by Crippen LogP contribution is 2.40. The average Bonchev–Trinajstić information content (AvgIpc) is 3.76. The molecule has 0 aliphatic rings. The minimum atomic E-state index is -2.70. The van der Waals surface area contributed by atoms with Gasteiger partial charge in [-0.25, -0.2) is 0 Å². The zero-order chi connectivity index (χ0) is 36.3.